The lowest BCUT2D eigenvalue weighted by atomic mass is 9.97. The van der Waals surface area contributed by atoms with E-state index in [1.807, 2.05) is 76.8 Å². The van der Waals surface area contributed by atoms with Crippen molar-refractivity contribution >= 4 is 40.7 Å². The van der Waals surface area contributed by atoms with E-state index >= 15 is 0 Å². The van der Waals surface area contributed by atoms with Gasteiger partial charge in [0.15, 0.2) is 0 Å². The van der Waals surface area contributed by atoms with E-state index < -0.39 is 6.04 Å². The highest BCUT2D eigenvalue weighted by Crippen LogP contribution is 2.37. The number of rotatable bonds is 10. The summed E-state index contributed by atoms with van der Waals surface area (Å²) in [5.41, 5.74) is 6.68. The molecule has 220 valence electrons. The third-order valence-corrected chi connectivity index (χ3v) is 8.62. The van der Waals surface area contributed by atoms with E-state index in [4.69, 9.17) is 0 Å². The Bertz CT molecular complexity index is 1600. The average molecular weight is 596 g/mol. The number of likely N-dealkylation sites (N-methyl/N-ethyl adjacent to an activating group) is 1. The lowest BCUT2D eigenvalue weighted by Crippen LogP contribution is -2.48. The maximum absolute atomic E-state index is 14.4. The number of nitrogens with zero attached hydrogens (tertiary/aromatic N) is 5. The van der Waals surface area contributed by atoms with Gasteiger partial charge in [-0.15, -0.1) is 11.3 Å². The smallest absolute Gasteiger partial charge is 0.317 e. The van der Waals surface area contributed by atoms with Crippen LogP contribution in [0.3, 0.4) is 0 Å². The van der Waals surface area contributed by atoms with Crippen LogP contribution >= 0.6 is 11.3 Å². The molecule has 2 aliphatic rings. The molecule has 0 spiro atoms. The molecule has 4 amide bonds. The zero-order valence-corrected chi connectivity index (χ0v) is 24.7. The number of carbonyl (C=O) groups is 3. The summed E-state index contributed by atoms with van der Waals surface area (Å²) in [4.78, 5) is 54.0. The maximum Gasteiger partial charge on any atom is 0.317 e. The second-order valence-electron chi connectivity index (χ2n) is 10.6. The molecule has 6 rings (SSSR count). The van der Waals surface area contributed by atoms with E-state index in [1.54, 1.807) is 22.8 Å². The molecule has 2 N–H and O–H groups in total. The van der Waals surface area contributed by atoms with Crippen LogP contribution in [0, 0.1) is 0 Å². The second-order valence-corrected chi connectivity index (χ2v) is 11.4. The highest BCUT2D eigenvalue weighted by molar-refractivity contribution is 7.07. The summed E-state index contributed by atoms with van der Waals surface area (Å²) in [6.45, 7) is 2.47. The number of carbonyl (C=O) groups excluding carboxylic acids is 3. The molecule has 1 saturated heterocycles. The third-order valence-electron chi connectivity index (χ3n) is 8.04. The monoisotopic (exact) mass is 595 g/mol. The Labute approximate surface area is 254 Å². The predicted molar refractivity (Wildman–Crippen MR) is 167 cm³/mol. The van der Waals surface area contributed by atoms with Gasteiger partial charge in [-0.05, 0) is 52.9 Å². The number of fused-ring (bicyclic) bond motifs is 1. The van der Waals surface area contributed by atoms with Gasteiger partial charge in [0.25, 0.3) is 5.91 Å². The van der Waals surface area contributed by atoms with Gasteiger partial charge in [0.1, 0.15) is 11.9 Å². The summed E-state index contributed by atoms with van der Waals surface area (Å²) >= 11 is 1.49. The van der Waals surface area contributed by atoms with Gasteiger partial charge in [-0.25, -0.2) is 9.78 Å². The minimum Gasteiger partial charge on any atom is -0.350 e. The van der Waals surface area contributed by atoms with Gasteiger partial charge in [0.2, 0.25) is 5.91 Å². The number of pyridine rings is 1. The van der Waals surface area contributed by atoms with Crippen molar-refractivity contribution in [1.29, 1.82) is 0 Å². The number of urea groups is 1. The van der Waals surface area contributed by atoms with Crippen molar-refractivity contribution in [3.63, 3.8) is 0 Å². The number of thiazole rings is 1. The molecule has 0 saturated carbocycles. The van der Waals surface area contributed by atoms with Gasteiger partial charge >= 0.3 is 6.03 Å². The van der Waals surface area contributed by atoms with Crippen LogP contribution in [0.4, 0.5) is 16.3 Å². The van der Waals surface area contributed by atoms with E-state index in [1.165, 1.54) is 11.3 Å². The standard InChI is InChI=1S/C32H33N7O3S/c1-37(29-20-43-21-36-29)28(17-22-5-3-2-4-6-22)31(41)39-14-9-25-26(30(40)34-12-15-38-16-13-35-32(38)42)18-24(19-27(25)39)23-7-10-33-11-8-23/h2-8,10-11,18-21,28H,9,12-17H2,1H3,(H,34,40)(H,35,42)/t28-/m0/s1. The highest BCUT2D eigenvalue weighted by Gasteiger charge is 2.35. The maximum atomic E-state index is 14.4. The first-order chi connectivity index (χ1) is 21.0. The first-order valence-electron chi connectivity index (χ1n) is 14.3. The summed E-state index contributed by atoms with van der Waals surface area (Å²) in [5.74, 6) is 0.480. The Hall–Kier alpha value is -4.77. The van der Waals surface area contributed by atoms with Gasteiger partial charge in [-0.3, -0.25) is 14.6 Å². The van der Waals surface area contributed by atoms with Gasteiger partial charge in [-0.1, -0.05) is 30.3 Å². The molecular formula is C32H33N7O3S. The molecule has 43 heavy (non-hydrogen) atoms. The zero-order valence-electron chi connectivity index (χ0n) is 23.9. The number of hydrogen-bond acceptors (Lipinski definition) is 7. The van der Waals surface area contributed by atoms with Crippen molar-refractivity contribution in [1.82, 2.24) is 25.5 Å². The minimum absolute atomic E-state index is 0.0450. The Morgan fingerprint density at radius 3 is 2.63 bits per heavy atom. The Kier molecular flexibility index (Phi) is 8.32. The van der Waals surface area contributed by atoms with Gasteiger partial charge in [-0.2, -0.15) is 0 Å². The van der Waals surface area contributed by atoms with Crippen molar-refractivity contribution < 1.29 is 14.4 Å². The second kappa shape index (κ2) is 12.6. The van der Waals surface area contributed by atoms with Crippen molar-refractivity contribution in [3.05, 3.63) is 94.6 Å². The van der Waals surface area contributed by atoms with Crippen molar-refractivity contribution in [2.24, 2.45) is 0 Å². The molecule has 0 radical (unpaired) electrons. The average Bonchev–Trinajstić information content (AvgIpc) is 3.82. The summed E-state index contributed by atoms with van der Waals surface area (Å²) in [7, 11) is 1.91. The van der Waals surface area contributed by atoms with Crippen LogP contribution in [0.2, 0.25) is 0 Å². The zero-order chi connectivity index (χ0) is 29.8. The molecule has 2 aromatic carbocycles. The van der Waals surface area contributed by atoms with Crippen LogP contribution in [-0.4, -0.2) is 78.5 Å². The molecule has 11 heteroatoms. The molecule has 4 aromatic rings. The van der Waals surface area contributed by atoms with Crippen molar-refractivity contribution in [2.75, 3.05) is 49.6 Å². The number of amides is 4. The fourth-order valence-corrected chi connectivity index (χ4v) is 6.30. The quantitative estimate of drug-likeness (QED) is 0.290. The van der Waals surface area contributed by atoms with Gasteiger partial charge in [0, 0.05) is 75.2 Å². The molecule has 2 aromatic heterocycles. The summed E-state index contributed by atoms with van der Waals surface area (Å²) in [6, 6.07) is 17.1. The lowest BCUT2D eigenvalue weighted by molar-refractivity contribution is -0.119. The van der Waals surface area contributed by atoms with E-state index in [-0.39, 0.29) is 17.8 Å². The Morgan fingerprint density at radius 2 is 1.91 bits per heavy atom. The molecular weight excluding hydrogens is 562 g/mol. The van der Waals surface area contributed by atoms with Crippen LogP contribution in [-0.2, 0) is 17.6 Å². The predicted octanol–water partition coefficient (Wildman–Crippen LogP) is 3.60. The fourth-order valence-electron chi connectivity index (χ4n) is 5.72. The summed E-state index contributed by atoms with van der Waals surface area (Å²) in [5, 5.41) is 7.72. The van der Waals surface area contributed by atoms with E-state index in [0.717, 1.165) is 33.8 Å². The summed E-state index contributed by atoms with van der Waals surface area (Å²) in [6.07, 6.45) is 4.50. The molecule has 1 atom stereocenters. The van der Waals surface area contributed by atoms with Crippen LogP contribution in [0.25, 0.3) is 11.1 Å². The third kappa shape index (κ3) is 6.07. The number of aromatic nitrogens is 2. The SMILES string of the molecule is CN(c1cscn1)[C@@H](Cc1ccccc1)C(=O)N1CCc2c(C(=O)NCCN3CCNC3=O)cc(-c3ccncc3)cc21. The number of hydrogen-bond donors (Lipinski definition) is 2. The number of anilines is 2. The number of nitrogens with one attached hydrogen (secondary N) is 2. The molecule has 0 bridgehead atoms. The van der Waals surface area contributed by atoms with Crippen LogP contribution in [0.1, 0.15) is 21.5 Å². The van der Waals surface area contributed by atoms with E-state index in [2.05, 4.69) is 20.6 Å². The van der Waals surface area contributed by atoms with Crippen LogP contribution < -0.4 is 20.4 Å². The molecule has 2 aliphatic heterocycles. The Morgan fingerprint density at radius 1 is 1.09 bits per heavy atom. The van der Waals surface area contributed by atoms with E-state index in [0.29, 0.717) is 51.1 Å². The number of benzene rings is 2. The fraction of sp³-hybridized carbons (Fsp3) is 0.281. The van der Waals surface area contributed by atoms with Crippen molar-refractivity contribution in [2.45, 2.75) is 18.9 Å². The molecule has 0 unspecified atom stereocenters. The molecule has 4 heterocycles. The molecule has 0 aliphatic carbocycles. The minimum atomic E-state index is -0.496. The summed E-state index contributed by atoms with van der Waals surface area (Å²) < 4.78 is 0. The van der Waals surface area contributed by atoms with E-state index in [9.17, 15) is 14.4 Å². The Balaban J connectivity index is 1.32. The van der Waals surface area contributed by atoms with Crippen LogP contribution in [0.15, 0.2) is 77.9 Å². The first kappa shape index (κ1) is 28.4. The van der Waals surface area contributed by atoms with Gasteiger partial charge < -0.3 is 25.3 Å². The highest BCUT2D eigenvalue weighted by atomic mass is 32.1. The van der Waals surface area contributed by atoms with Gasteiger partial charge in [0.05, 0.1) is 5.51 Å². The van der Waals surface area contributed by atoms with Crippen LogP contribution in [0.5, 0.6) is 0 Å². The molecule has 10 nitrogen and oxygen atoms in total. The molecule has 1 fully saturated rings. The van der Waals surface area contributed by atoms with Crippen molar-refractivity contribution in [3.8, 4) is 11.1 Å². The topological polar surface area (TPSA) is 111 Å². The first-order valence-corrected chi connectivity index (χ1v) is 15.3. The normalized spacial score (nSPS) is 14.8. The lowest BCUT2D eigenvalue weighted by Gasteiger charge is -2.31. The largest absolute Gasteiger partial charge is 0.350 e.